The number of carbonyl (C=O) groups excluding carboxylic acids is 2. The fraction of sp³-hybridized carbons (Fsp3) is 0.323. The van der Waals surface area contributed by atoms with Gasteiger partial charge < -0.3 is 40.8 Å². The molecular formula is C31H37N7O6. The highest BCUT2D eigenvalue weighted by molar-refractivity contribution is 6.16. The number of carbonyl (C=O) groups is 3. The lowest BCUT2D eigenvalue weighted by Crippen LogP contribution is -2.33. The van der Waals surface area contributed by atoms with Gasteiger partial charge in [0, 0.05) is 48.9 Å². The van der Waals surface area contributed by atoms with Crippen molar-refractivity contribution in [3.8, 4) is 28.5 Å². The van der Waals surface area contributed by atoms with E-state index in [-0.39, 0.29) is 46.5 Å². The topological polar surface area (TPSA) is 188 Å². The molecule has 4 rings (SSSR count). The molecule has 0 atom stereocenters. The Morgan fingerprint density at radius 3 is 2.41 bits per heavy atom. The smallest absolute Gasteiger partial charge is 0.353 e. The number of primary amides is 1. The molecule has 4 aromatic rings. The molecule has 0 aliphatic heterocycles. The van der Waals surface area contributed by atoms with Crippen molar-refractivity contribution < 1.29 is 29.0 Å². The largest absolute Gasteiger partial charge is 0.495 e. The molecule has 0 radical (unpaired) electrons. The van der Waals surface area contributed by atoms with Crippen molar-refractivity contribution in [2.75, 3.05) is 40.0 Å². The Morgan fingerprint density at radius 1 is 1.14 bits per heavy atom. The number of likely N-dealkylation sites (N-methyl/N-ethyl adjacent to an activating group) is 1. The first-order valence-electron chi connectivity index (χ1n) is 13.8. The first kappa shape index (κ1) is 31.8. The van der Waals surface area contributed by atoms with E-state index < -0.39 is 23.2 Å². The van der Waals surface area contributed by atoms with E-state index in [9.17, 15) is 19.5 Å². The molecule has 0 unspecified atom stereocenters. The molecule has 2 heterocycles. The highest BCUT2D eigenvalue weighted by Gasteiger charge is 2.35. The van der Waals surface area contributed by atoms with E-state index in [4.69, 9.17) is 20.9 Å². The van der Waals surface area contributed by atoms with Crippen LogP contribution in [0.3, 0.4) is 0 Å². The third kappa shape index (κ3) is 5.99. The number of methoxy groups -OCH3 is 1. The third-order valence-electron chi connectivity index (χ3n) is 7.12. The van der Waals surface area contributed by atoms with Crippen molar-refractivity contribution in [1.29, 1.82) is 0 Å². The number of hydrogen-bond donors (Lipinski definition) is 4. The number of fused-ring (bicyclic) bond motifs is 1. The Bertz CT molecular complexity index is 1770. The summed E-state index contributed by atoms with van der Waals surface area (Å²) in [5.74, 6) is -2.18. The SMILES string of the molecule is COc1c(C(N)=O)cc(C(C)(C)C)c(-c2c(C(=O)O)n(C)c3c(Oc4ccnc(N)n4)cccc23)c1C(=O)NCCN(C)C. The summed E-state index contributed by atoms with van der Waals surface area (Å²) in [6.45, 7) is 6.51. The molecule has 44 heavy (non-hydrogen) atoms. The molecule has 2 aromatic carbocycles. The number of nitrogen functional groups attached to an aromatic ring is 1. The van der Waals surface area contributed by atoms with Crippen LogP contribution in [-0.4, -0.2) is 76.6 Å². The molecule has 0 aliphatic carbocycles. The van der Waals surface area contributed by atoms with Crippen molar-refractivity contribution in [1.82, 2.24) is 24.8 Å². The lowest BCUT2D eigenvalue weighted by Gasteiger charge is -2.28. The summed E-state index contributed by atoms with van der Waals surface area (Å²) in [5, 5.41) is 14.0. The molecule has 232 valence electrons. The molecule has 0 fully saturated rings. The Hall–Kier alpha value is -5.17. The molecule has 2 aromatic heterocycles. The average Bonchev–Trinajstić information content (AvgIpc) is 3.23. The molecule has 6 N–H and O–H groups in total. The number of nitrogens with two attached hydrogens (primary N) is 2. The zero-order valence-electron chi connectivity index (χ0n) is 25.8. The predicted molar refractivity (Wildman–Crippen MR) is 166 cm³/mol. The Morgan fingerprint density at radius 2 is 1.84 bits per heavy atom. The van der Waals surface area contributed by atoms with Gasteiger partial charge in [-0.3, -0.25) is 9.59 Å². The minimum Gasteiger partial charge on any atom is -0.495 e. The van der Waals surface area contributed by atoms with Crippen molar-refractivity contribution >= 4 is 34.6 Å². The van der Waals surface area contributed by atoms with Gasteiger partial charge in [0.1, 0.15) is 11.4 Å². The van der Waals surface area contributed by atoms with Gasteiger partial charge in [0.25, 0.3) is 11.8 Å². The zero-order valence-corrected chi connectivity index (χ0v) is 25.8. The minimum absolute atomic E-state index is 0.00131. The molecule has 0 bridgehead atoms. The number of carboxylic acids is 1. The molecule has 13 nitrogen and oxygen atoms in total. The number of aromatic nitrogens is 3. The first-order chi connectivity index (χ1) is 20.7. The van der Waals surface area contributed by atoms with Crippen LogP contribution in [0.5, 0.6) is 17.4 Å². The van der Waals surface area contributed by atoms with E-state index in [1.165, 1.54) is 23.9 Å². The van der Waals surface area contributed by atoms with Crippen molar-refractivity contribution in [3.63, 3.8) is 0 Å². The summed E-state index contributed by atoms with van der Waals surface area (Å²) in [5.41, 5.74) is 12.2. The minimum atomic E-state index is -1.24. The maximum atomic E-state index is 14.1. The van der Waals surface area contributed by atoms with E-state index in [1.54, 1.807) is 31.3 Å². The fourth-order valence-corrected chi connectivity index (χ4v) is 5.20. The third-order valence-corrected chi connectivity index (χ3v) is 7.12. The van der Waals surface area contributed by atoms with Crippen LogP contribution in [0.25, 0.3) is 22.0 Å². The van der Waals surface area contributed by atoms with E-state index in [0.29, 0.717) is 34.3 Å². The number of nitrogens with one attached hydrogen (secondary N) is 1. The van der Waals surface area contributed by atoms with E-state index in [1.807, 2.05) is 39.8 Å². The van der Waals surface area contributed by atoms with Gasteiger partial charge >= 0.3 is 5.97 Å². The van der Waals surface area contributed by atoms with Gasteiger partial charge in [0.2, 0.25) is 11.8 Å². The molecule has 13 heteroatoms. The van der Waals surface area contributed by atoms with Gasteiger partial charge in [0.05, 0.1) is 23.8 Å². The molecule has 0 aliphatic rings. The molecule has 2 amide bonds. The summed E-state index contributed by atoms with van der Waals surface area (Å²) in [4.78, 5) is 49.6. The number of ether oxygens (including phenoxy) is 2. The number of nitrogens with zero attached hydrogens (tertiary/aromatic N) is 4. The maximum absolute atomic E-state index is 14.1. The Kier molecular flexibility index (Phi) is 8.81. The summed E-state index contributed by atoms with van der Waals surface area (Å²) in [7, 11) is 6.67. The number of anilines is 1. The van der Waals surface area contributed by atoms with Gasteiger partial charge in [-0.1, -0.05) is 32.9 Å². The second-order valence-corrected chi connectivity index (χ2v) is 11.5. The van der Waals surface area contributed by atoms with E-state index in [2.05, 4.69) is 15.3 Å². The van der Waals surface area contributed by atoms with Gasteiger partial charge in [-0.2, -0.15) is 4.98 Å². The summed E-state index contributed by atoms with van der Waals surface area (Å²) < 4.78 is 13.2. The average molecular weight is 604 g/mol. The van der Waals surface area contributed by atoms with Crippen molar-refractivity contribution in [2.45, 2.75) is 26.2 Å². The molecule has 0 spiro atoms. The number of aryl methyl sites for hydroxylation is 1. The predicted octanol–water partition coefficient (Wildman–Crippen LogP) is 3.40. The summed E-state index contributed by atoms with van der Waals surface area (Å²) in [6, 6.07) is 8.22. The van der Waals surface area contributed by atoms with Crippen LogP contribution in [0.2, 0.25) is 0 Å². The van der Waals surface area contributed by atoms with Crippen LogP contribution in [0.4, 0.5) is 5.95 Å². The van der Waals surface area contributed by atoms with E-state index in [0.717, 1.165) is 0 Å². The summed E-state index contributed by atoms with van der Waals surface area (Å²) >= 11 is 0. The molecule has 0 saturated carbocycles. The number of para-hydroxylation sites is 1. The van der Waals surface area contributed by atoms with Crippen LogP contribution < -0.4 is 26.3 Å². The number of carboxylic acid groups (broad SMARTS) is 1. The second-order valence-electron chi connectivity index (χ2n) is 11.5. The first-order valence-corrected chi connectivity index (χ1v) is 13.8. The van der Waals surface area contributed by atoms with Gasteiger partial charge in [-0.05, 0) is 37.2 Å². The molecular weight excluding hydrogens is 566 g/mol. The van der Waals surface area contributed by atoms with Crippen LogP contribution in [0.1, 0.15) is 57.5 Å². The van der Waals surface area contributed by atoms with Crippen LogP contribution in [0, 0.1) is 0 Å². The number of rotatable bonds is 10. The van der Waals surface area contributed by atoms with Crippen LogP contribution in [0.15, 0.2) is 36.5 Å². The monoisotopic (exact) mass is 603 g/mol. The van der Waals surface area contributed by atoms with Gasteiger partial charge in [-0.25, -0.2) is 9.78 Å². The zero-order chi connectivity index (χ0) is 32.5. The van der Waals surface area contributed by atoms with Crippen LogP contribution in [-0.2, 0) is 12.5 Å². The summed E-state index contributed by atoms with van der Waals surface area (Å²) in [6.07, 6.45) is 1.44. The standard InChI is InChI=1S/C31H37N7O6/c1-31(2,3)18-15-17(27(32)39)26(43-7)23(28(40)34-13-14-37(4)5)22(18)21-16-9-8-10-19(24(16)38(6)25(21)29(41)42)44-20-11-12-35-30(33)36-20/h8-12,15H,13-14H2,1-7H3,(H2,32,39)(H,34,40)(H,41,42)(H2,33,35,36). The quantitative estimate of drug-likeness (QED) is 0.209. The number of benzene rings is 2. The van der Waals surface area contributed by atoms with Gasteiger partial charge in [-0.15, -0.1) is 0 Å². The lowest BCUT2D eigenvalue weighted by atomic mass is 9.77. The maximum Gasteiger partial charge on any atom is 0.353 e. The normalized spacial score (nSPS) is 11.5. The fourth-order valence-electron chi connectivity index (χ4n) is 5.20. The van der Waals surface area contributed by atoms with Crippen LogP contribution >= 0.6 is 0 Å². The highest BCUT2D eigenvalue weighted by atomic mass is 16.5. The second kappa shape index (κ2) is 12.2. The number of hydrogen-bond acceptors (Lipinski definition) is 9. The lowest BCUT2D eigenvalue weighted by molar-refractivity contribution is 0.0687. The Labute approximate surface area is 254 Å². The Balaban J connectivity index is 2.16. The number of aromatic carboxylic acids is 1. The highest BCUT2D eigenvalue weighted by Crippen LogP contribution is 2.47. The van der Waals surface area contributed by atoms with E-state index >= 15 is 0 Å². The van der Waals surface area contributed by atoms with Crippen molar-refractivity contribution in [3.05, 3.63) is 58.9 Å². The molecule has 0 saturated heterocycles. The van der Waals surface area contributed by atoms with Gasteiger partial charge in [0.15, 0.2) is 5.75 Å². The van der Waals surface area contributed by atoms with Crippen molar-refractivity contribution in [2.24, 2.45) is 12.8 Å². The number of amides is 2.